The minimum atomic E-state index is -5.16. The van der Waals surface area contributed by atoms with Crippen LogP contribution in [0.15, 0.2) is 18.3 Å². The molecule has 8 atom stereocenters. The molecule has 7 fully saturated rings. The highest BCUT2D eigenvalue weighted by Gasteiger charge is 2.63. The average Bonchev–Trinajstić information content (AvgIpc) is 3.90. The third-order valence-corrected chi connectivity index (χ3v) is 13.2. The lowest BCUT2D eigenvalue weighted by molar-refractivity contribution is -0.177. The molecule has 6 bridgehead atoms. The molecule has 9 rings (SSSR count). The van der Waals surface area contributed by atoms with E-state index in [1.807, 2.05) is 0 Å². The van der Waals surface area contributed by atoms with Crippen LogP contribution < -0.4 is 16.0 Å². The number of pyridine rings is 1. The maximum atomic E-state index is 14.6. The number of alkyl halides is 3. The van der Waals surface area contributed by atoms with Crippen LogP contribution in [0.5, 0.6) is 0 Å². The number of halogens is 3. The lowest BCUT2D eigenvalue weighted by Gasteiger charge is -2.46. The Morgan fingerprint density at radius 2 is 1.81 bits per heavy atom. The van der Waals surface area contributed by atoms with Crippen molar-refractivity contribution in [2.24, 2.45) is 35.0 Å². The molecule has 5 aliphatic carbocycles. The summed E-state index contributed by atoms with van der Waals surface area (Å²) in [5.41, 5.74) is -0.257. The van der Waals surface area contributed by atoms with E-state index in [4.69, 9.17) is 0 Å². The van der Waals surface area contributed by atoms with Gasteiger partial charge in [-0.15, -0.1) is 0 Å². The predicted molar refractivity (Wildman–Crippen MR) is 165 cm³/mol. The molecule has 2 aromatic heterocycles. The van der Waals surface area contributed by atoms with Crippen molar-refractivity contribution in [2.45, 2.75) is 94.6 Å². The number of ketones is 1. The topological polar surface area (TPSA) is 150 Å². The Balaban J connectivity index is 1.08. The van der Waals surface area contributed by atoms with Gasteiger partial charge in [0.1, 0.15) is 22.4 Å². The van der Waals surface area contributed by atoms with Gasteiger partial charge < -0.3 is 20.9 Å². The van der Waals surface area contributed by atoms with Crippen LogP contribution in [-0.2, 0) is 19.2 Å². The van der Waals surface area contributed by atoms with E-state index in [9.17, 15) is 37.1 Å². The van der Waals surface area contributed by atoms with Crippen molar-refractivity contribution in [1.29, 1.82) is 0 Å². The largest absolute Gasteiger partial charge is 0.471 e. The van der Waals surface area contributed by atoms with Gasteiger partial charge in [0.05, 0.1) is 6.04 Å². The number of aromatic nitrogens is 2. The number of nitrogens with one attached hydrogen (secondary N) is 3. The first-order valence-corrected chi connectivity index (χ1v) is 17.8. The van der Waals surface area contributed by atoms with Gasteiger partial charge in [-0.3, -0.25) is 24.0 Å². The maximum absolute atomic E-state index is 14.6. The van der Waals surface area contributed by atoms with Crippen LogP contribution >= 0.6 is 11.3 Å². The number of hydrogen-bond donors (Lipinski definition) is 3. The van der Waals surface area contributed by atoms with Crippen LogP contribution in [0.4, 0.5) is 13.2 Å². The number of hydrogen-bond acceptors (Lipinski definition) is 8. The molecular weight excluding hydrogens is 649 g/mol. The zero-order chi connectivity index (χ0) is 33.5. The van der Waals surface area contributed by atoms with Crippen molar-refractivity contribution >= 4 is 51.1 Å². The zero-order valence-electron chi connectivity index (χ0n) is 26.1. The number of carbonyl (C=O) groups is 5. The summed E-state index contributed by atoms with van der Waals surface area (Å²) in [7, 11) is 0. The molecule has 2 saturated heterocycles. The first kappa shape index (κ1) is 31.6. The molecular formula is C33H37F3N6O5S. The second-order valence-corrected chi connectivity index (χ2v) is 15.9. The fourth-order valence-electron chi connectivity index (χ4n) is 10.4. The Morgan fingerprint density at radius 3 is 2.48 bits per heavy atom. The number of fused-ring (bicyclic) bond motifs is 3. The lowest BCUT2D eigenvalue weighted by Crippen LogP contribution is -2.64. The molecule has 2 unspecified atom stereocenters. The highest BCUT2D eigenvalue weighted by molar-refractivity contribution is 7.19. The molecule has 2 aliphatic heterocycles. The van der Waals surface area contributed by atoms with E-state index in [1.165, 1.54) is 4.90 Å². The molecule has 2 aromatic rings. The maximum Gasteiger partial charge on any atom is 0.471 e. The van der Waals surface area contributed by atoms with E-state index in [1.54, 1.807) is 18.3 Å². The number of amides is 4. The van der Waals surface area contributed by atoms with Crippen molar-refractivity contribution in [3.8, 4) is 0 Å². The SMILES string of the molecule is O=C1NCC[C@H]1C[C@H](NC(=O)[C@@H]1[C@H]2CC[C@H](C2)N1C(=O)[C@@H](NC(=O)C(F)(F)F)C12CC3CC(C1)C(C3)C2)C(=O)c1nc2cccnc2s1. The minimum absolute atomic E-state index is 0.0338. The Hall–Kier alpha value is -3.62. The zero-order valence-corrected chi connectivity index (χ0v) is 26.9. The Bertz CT molecular complexity index is 1650. The molecule has 4 heterocycles. The molecule has 256 valence electrons. The second-order valence-electron chi connectivity index (χ2n) is 14.9. The van der Waals surface area contributed by atoms with Crippen LogP contribution in [0.1, 0.15) is 74.0 Å². The molecule has 4 amide bonds. The lowest BCUT2D eigenvalue weighted by atomic mass is 9.64. The van der Waals surface area contributed by atoms with Crippen LogP contribution in [0.25, 0.3) is 10.3 Å². The summed E-state index contributed by atoms with van der Waals surface area (Å²) in [6.45, 7) is 0.452. The van der Waals surface area contributed by atoms with Crippen LogP contribution in [0.3, 0.4) is 0 Å². The Morgan fingerprint density at radius 1 is 1.04 bits per heavy atom. The molecule has 15 heteroatoms. The van der Waals surface area contributed by atoms with E-state index >= 15 is 0 Å². The molecule has 0 aromatic carbocycles. The smallest absolute Gasteiger partial charge is 0.356 e. The van der Waals surface area contributed by atoms with Gasteiger partial charge in [-0.05, 0) is 100 Å². The first-order valence-electron chi connectivity index (χ1n) is 16.9. The Kier molecular flexibility index (Phi) is 7.57. The van der Waals surface area contributed by atoms with Gasteiger partial charge in [-0.1, -0.05) is 11.3 Å². The number of carbonyl (C=O) groups excluding carboxylic acids is 5. The van der Waals surface area contributed by atoms with Gasteiger partial charge in [-0.25, -0.2) is 9.97 Å². The summed E-state index contributed by atoms with van der Waals surface area (Å²) in [4.78, 5) is 78.4. The molecule has 0 radical (unpaired) electrons. The van der Waals surface area contributed by atoms with Gasteiger partial charge in [0.15, 0.2) is 5.01 Å². The number of rotatable bonds is 9. The highest BCUT2D eigenvalue weighted by atomic mass is 32.1. The summed E-state index contributed by atoms with van der Waals surface area (Å²) in [5, 5.41) is 7.89. The number of nitrogens with zero attached hydrogens (tertiary/aromatic N) is 3. The first-order chi connectivity index (χ1) is 22.9. The van der Waals surface area contributed by atoms with E-state index in [-0.39, 0.29) is 29.3 Å². The summed E-state index contributed by atoms with van der Waals surface area (Å²) >= 11 is 1.09. The van der Waals surface area contributed by atoms with Crippen LogP contribution in [-0.4, -0.2) is 81.2 Å². The fraction of sp³-hybridized carbons (Fsp3) is 0.667. The van der Waals surface area contributed by atoms with E-state index in [0.29, 0.717) is 79.6 Å². The second kappa shape index (κ2) is 11.5. The Labute approximate surface area is 278 Å². The summed E-state index contributed by atoms with van der Waals surface area (Å²) in [6, 6.07) is -0.471. The molecule has 7 aliphatic rings. The van der Waals surface area contributed by atoms with E-state index in [2.05, 4.69) is 25.9 Å². The molecule has 3 N–H and O–H groups in total. The standard InChI is InChI=1S/C33H37F3N6O5S/c34-33(35,36)31(47)41-25(32-12-15-8-18(13-32)19(9-15)14-32)30(46)42-20-4-3-16(10-20)23(42)27(45)39-22(11-17-5-7-37-26(17)44)24(43)29-40-21-2-1-6-38-28(21)48-29/h1-2,6,15-20,22-23,25H,3-5,7-14H2,(H,37,44)(H,39,45)(H,41,47)/t15?,16-,17-,18?,19?,20+,22-,23-,25+,32?/m0/s1. The molecule has 11 nitrogen and oxygen atoms in total. The number of Topliss-reactive ketones (excluding diaryl/α,β-unsaturated/α-hetero) is 1. The van der Waals surface area contributed by atoms with Gasteiger partial charge in [0.25, 0.3) is 0 Å². The molecule has 0 spiro atoms. The number of piperidine rings is 1. The van der Waals surface area contributed by atoms with Crippen molar-refractivity contribution in [3.05, 3.63) is 23.3 Å². The van der Waals surface area contributed by atoms with Crippen molar-refractivity contribution in [2.75, 3.05) is 6.54 Å². The quantitative estimate of drug-likeness (QED) is 0.343. The van der Waals surface area contributed by atoms with Crippen LogP contribution in [0, 0.1) is 35.0 Å². The third kappa shape index (κ3) is 5.27. The summed E-state index contributed by atoms with van der Waals surface area (Å²) in [5.74, 6) is -3.85. The molecule has 5 saturated carbocycles. The van der Waals surface area contributed by atoms with Gasteiger partial charge >= 0.3 is 12.1 Å². The predicted octanol–water partition coefficient (Wildman–Crippen LogP) is 3.14. The van der Waals surface area contributed by atoms with Crippen LogP contribution in [0.2, 0.25) is 0 Å². The van der Waals surface area contributed by atoms with E-state index in [0.717, 1.165) is 24.2 Å². The fourth-order valence-corrected chi connectivity index (χ4v) is 11.3. The van der Waals surface area contributed by atoms with E-state index < -0.39 is 59.1 Å². The molecule has 48 heavy (non-hydrogen) atoms. The van der Waals surface area contributed by atoms with Gasteiger partial charge in [0.2, 0.25) is 23.5 Å². The van der Waals surface area contributed by atoms with Crippen molar-refractivity contribution < 1.29 is 37.1 Å². The summed E-state index contributed by atoms with van der Waals surface area (Å²) < 4.78 is 40.9. The normalized spacial score (nSPS) is 34.4. The monoisotopic (exact) mass is 686 g/mol. The average molecular weight is 687 g/mol. The van der Waals surface area contributed by atoms with Gasteiger partial charge in [-0.2, -0.15) is 13.2 Å². The number of thiazole rings is 1. The summed E-state index contributed by atoms with van der Waals surface area (Å²) in [6.07, 6.45) is 2.44. The van der Waals surface area contributed by atoms with Crippen molar-refractivity contribution in [3.63, 3.8) is 0 Å². The third-order valence-electron chi connectivity index (χ3n) is 12.2. The minimum Gasteiger partial charge on any atom is -0.356 e. The van der Waals surface area contributed by atoms with Crippen molar-refractivity contribution in [1.82, 2.24) is 30.8 Å². The van der Waals surface area contributed by atoms with Gasteiger partial charge in [0, 0.05) is 30.1 Å². The number of likely N-dealkylation sites (tertiary alicyclic amines) is 1. The highest BCUT2D eigenvalue weighted by Crippen LogP contribution is 2.65.